The number of carbonyl (C=O) groups excluding carboxylic acids is 1. The molecule has 100 valence electrons. The Bertz CT molecular complexity index is 500. The van der Waals surface area contributed by atoms with E-state index in [0.717, 1.165) is 12.8 Å². The third-order valence-corrected chi connectivity index (χ3v) is 3.61. The van der Waals surface area contributed by atoms with Gasteiger partial charge in [0.05, 0.1) is 17.2 Å². The Kier molecular flexibility index (Phi) is 3.87. The molecule has 0 radical (unpaired) electrons. The van der Waals surface area contributed by atoms with Gasteiger partial charge < -0.3 is 10.0 Å². The largest absolute Gasteiger partial charge is 0.390 e. The van der Waals surface area contributed by atoms with Gasteiger partial charge >= 0.3 is 0 Å². The molecule has 0 saturated carbocycles. The smallest absolute Gasteiger partial charge is 0.253 e. The summed E-state index contributed by atoms with van der Waals surface area (Å²) in [6, 6.07) is 8.71. The van der Waals surface area contributed by atoms with Crippen molar-refractivity contribution in [1.82, 2.24) is 4.90 Å². The molecule has 1 heterocycles. The van der Waals surface area contributed by atoms with Gasteiger partial charge in [-0.3, -0.25) is 4.79 Å². The lowest BCUT2D eigenvalue weighted by Crippen LogP contribution is -2.33. The number of nitriles is 1. The van der Waals surface area contributed by atoms with Crippen LogP contribution in [-0.2, 0) is 0 Å². The molecule has 0 aliphatic carbocycles. The van der Waals surface area contributed by atoms with Gasteiger partial charge in [0.15, 0.2) is 0 Å². The molecule has 1 aromatic carbocycles. The van der Waals surface area contributed by atoms with Crippen LogP contribution in [0, 0.1) is 11.3 Å². The molecule has 1 saturated heterocycles. The van der Waals surface area contributed by atoms with Gasteiger partial charge in [0.1, 0.15) is 0 Å². The maximum Gasteiger partial charge on any atom is 0.253 e. The average molecular weight is 258 g/mol. The Morgan fingerprint density at radius 2 is 2.00 bits per heavy atom. The van der Waals surface area contributed by atoms with Crippen molar-refractivity contribution in [3.8, 4) is 6.07 Å². The van der Waals surface area contributed by atoms with Crippen molar-refractivity contribution in [2.45, 2.75) is 31.8 Å². The molecule has 1 N–H and O–H groups in total. The Morgan fingerprint density at radius 3 is 2.63 bits per heavy atom. The van der Waals surface area contributed by atoms with Crippen LogP contribution in [0.3, 0.4) is 0 Å². The number of hydrogen-bond donors (Lipinski definition) is 1. The molecular weight excluding hydrogens is 240 g/mol. The summed E-state index contributed by atoms with van der Waals surface area (Å²) in [5, 5.41) is 18.8. The highest BCUT2D eigenvalue weighted by atomic mass is 16.3. The maximum absolute atomic E-state index is 12.3. The van der Waals surface area contributed by atoms with Gasteiger partial charge in [-0.1, -0.05) is 0 Å². The van der Waals surface area contributed by atoms with Gasteiger partial charge in [-0.25, -0.2) is 0 Å². The van der Waals surface area contributed by atoms with Crippen LogP contribution in [0.5, 0.6) is 0 Å². The van der Waals surface area contributed by atoms with Crippen molar-refractivity contribution in [3.05, 3.63) is 35.4 Å². The van der Waals surface area contributed by atoms with Crippen molar-refractivity contribution >= 4 is 5.91 Å². The van der Waals surface area contributed by atoms with Crippen molar-refractivity contribution < 1.29 is 9.90 Å². The molecule has 1 unspecified atom stereocenters. The molecule has 1 amide bonds. The minimum absolute atomic E-state index is 0.0258. The van der Waals surface area contributed by atoms with Crippen LogP contribution in [-0.4, -0.2) is 34.6 Å². The molecule has 19 heavy (non-hydrogen) atoms. The molecule has 1 atom stereocenters. The molecular formula is C15H18N2O2. The van der Waals surface area contributed by atoms with E-state index in [-0.39, 0.29) is 5.91 Å². The van der Waals surface area contributed by atoms with E-state index in [9.17, 15) is 9.90 Å². The highest BCUT2D eigenvalue weighted by Gasteiger charge is 2.27. The number of rotatable bonds is 1. The second-order valence-electron chi connectivity index (χ2n) is 5.33. The number of benzene rings is 1. The normalized spacial score (nSPS) is 23.5. The van der Waals surface area contributed by atoms with Crippen LogP contribution in [0.1, 0.15) is 42.1 Å². The minimum atomic E-state index is -0.667. The van der Waals surface area contributed by atoms with Crippen LogP contribution in [0.2, 0.25) is 0 Å². The van der Waals surface area contributed by atoms with Crippen LogP contribution >= 0.6 is 0 Å². The summed E-state index contributed by atoms with van der Waals surface area (Å²) in [5.41, 5.74) is 0.482. The molecule has 4 heteroatoms. The molecule has 4 nitrogen and oxygen atoms in total. The van der Waals surface area contributed by atoms with Crippen molar-refractivity contribution in [3.63, 3.8) is 0 Å². The number of aliphatic hydroxyl groups is 1. The number of hydrogen-bond acceptors (Lipinski definition) is 3. The van der Waals surface area contributed by atoms with Gasteiger partial charge in [-0.2, -0.15) is 5.26 Å². The third kappa shape index (κ3) is 3.33. The highest BCUT2D eigenvalue weighted by Crippen LogP contribution is 2.22. The second kappa shape index (κ2) is 5.41. The Balaban J connectivity index is 2.08. The first kappa shape index (κ1) is 13.6. The molecule has 1 aliphatic heterocycles. The van der Waals surface area contributed by atoms with E-state index in [1.54, 1.807) is 29.2 Å². The molecule has 1 aliphatic rings. The first-order valence-electron chi connectivity index (χ1n) is 6.54. The summed E-state index contributed by atoms with van der Waals surface area (Å²) in [5.74, 6) is -0.0258. The zero-order chi connectivity index (χ0) is 13.9. The van der Waals surface area contributed by atoms with Crippen LogP contribution in [0.4, 0.5) is 0 Å². The van der Waals surface area contributed by atoms with E-state index in [1.165, 1.54) is 0 Å². The molecule has 0 aromatic heterocycles. The van der Waals surface area contributed by atoms with Gasteiger partial charge in [-0.15, -0.1) is 0 Å². The van der Waals surface area contributed by atoms with Gasteiger partial charge in [0.25, 0.3) is 5.91 Å². The SMILES string of the molecule is CC1(O)CCCN(C(=O)c2ccc(C#N)cc2)CC1. The predicted molar refractivity (Wildman–Crippen MR) is 71.5 cm³/mol. The number of likely N-dealkylation sites (tertiary alicyclic amines) is 1. The summed E-state index contributed by atoms with van der Waals surface area (Å²) in [7, 11) is 0. The second-order valence-corrected chi connectivity index (χ2v) is 5.33. The lowest BCUT2D eigenvalue weighted by atomic mass is 9.98. The molecule has 0 spiro atoms. The number of amides is 1. The summed E-state index contributed by atoms with van der Waals surface area (Å²) in [6.07, 6.45) is 2.15. The zero-order valence-corrected chi connectivity index (χ0v) is 11.1. The number of nitrogens with zero attached hydrogens (tertiary/aromatic N) is 2. The van der Waals surface area contributed by atoms with Gasteiger partial charge in [0, 0.05) is 18.7 Å². The van der Waals surface area contributed by atoms with E-state index < -0.39 is 5.60 Å². The minimum Gasteiger partial charge on any atom is -0.390 e. The number of carbonyl (C=O) groups is 1. The van der Waals surface area contributed by atoms with E-state index in [2.05, 4.69) is 0 Å². The fourth-order valence-electron chi connectivity index (χ4n) is 2.34. The fourth-order valence-corrected chi connectivity index (χ4v) is 2.34. The van der Waals surface area contributed by atoms with Crippen LogP contribution in [0.15, 0.2) is 24.3 Å². The third-order valence-electron chi connectivity index (χ3n) is 3.61. The Labute approximate surface area is 113 Å². The summed E-state index contributed by atoms with van der Waals surface area (Å²) in [6.45, 7) is 3.07. The molecule has 1 fully saturated rings. The average Bonchev–Trinajstić information content (AvgIpc) is 2.59. The van der Waals surface area contributed by atoms with Gasteiger partial charge in [0.2, 0.25) is 0 Å². The fraction of sp³-hybridized carbons (Fsp3) is 0.467. The molecule has 0 bridgehead atoms. The van der Waals surface area contributed by atoms with Crippen molar-refractivity contribution in [2.75, 3.05) is 13.1 Å². The first-order valence-corrected chi connectivity index (χ1v) is 6.54. The molecule has 2 rings (SSSR count). The van der Waals surface area contributed by atoms with Gasteiger partial charge in [-0.05, 0) is 50.5 Å². The summed E-state index contributed by atoms with van der Waals surface area (Å²) < 4.78 is 0. The maximum atomic E-state index is 12.3. The van der Waals surface area contributed by atoms with Crippen molar-refractivity contribution in [2.24, 2.45) is 0 Å². The quantitative estimate of drug-likeness (QED) is 0.837. The monoisotopic (exact) mass is 258 g/mol. The standard InChI is InChI=1S/C15H18N2O2/c1-15(19)7-2-9-17(10-8-15)14(18)13-5-3-12(11-16)4-6-13/h3-6,19H,2,7-10H2,1H3. The highest BCUT2D eigenvalue weighted by molar-refractivity contribution is 5.94. The summed E-state index contributed by atoms with van der Waals surface area (Å²) >= 11 is 0. The Morgan fingerprint density at radius 1 is 1.32 bits per heavy atom. The van der Waals surface area contributed by atoms with E-state index >= 15 is 0 Å². The predicted octanol–water partition coefficient (Wildman–Crippen LogP) is 1.94. The zero-order valence-electron chi connectivity index (χ0n) is 11.1. The van der Waals surface area contributed by atoms with E-state index in [4.69, 9.17) is 5.26 Å². The lowest BCUT2D eigenvalue weighted by Gasteiger charge is -2.22. The van der Waals surface area contributed by atoms with E-state index in [1.807, 2.05) is 13.0 Å². The Hall–Kier alpha value is -1.86. The van der Waals surface area contributed by atoms with E-state index in [0.29, 0.717) is 30.6 Å². The topological polar surface area (TPSA) is 64.3 Å². The first-order chi connectivity index (χ1) is 9.02. The van der Waals surface area contributed by atoms with Crippen LogP contribution in [0.25, 0.3) is 0 Å². The summed E-state index contributed by atoms with van der Waals surface area (Å²) in [4.78, 5) is 14.1. The molecule has 1 aromatic rings. The van der Waals surface area contributed by atoms with Crippen LogP contribution < -0.4 is 0 Å². The van der Waals surface area contributed by atoms with Crippen molar-refractivity contribution in [1.29, 1.82) is 5.26 Å². The lowest BCUT2D eigenvalue weighted by molar-refractivity contribution is 0.0438.